The maximum atomic E-state index is 4.05. The number of aromatic nitrogens is 2. The van der Waals surface area contributed by atoms with Gasteiger partial charge in [0.25, 0.3) is 0 Å². The summed E-state index contributed by atoms with van der Waals surface area (Å²) in [6, 6.07) is 1.36. The molecule has 4 nitrogen and oxygen atoms in total. The molecule has 102 valence electrons. The lowest BCUT2D eigenvalue weighted by Gasteiger charge is -2.18. The highest BCUT2D eigenvalue weighted by atomic mass is 15.1. The summed E-state index contributed by atoms with van der Waals surface area (Å²) in [5.41, 5.74) is 2.56. The van der Waals surface area contributed by atoms with Crippen LogP contribution in [-0.4, -0.2) is 35.4 Å². The lowest BCUT2D eigenvalue weighted by Crippen LogP contribution is -2.34. The minimum absolute atomic E-state index is 0.617. The van der Waals surface area contributed by atoms with E-state index in [-0.39, 0.29) is 0 Å². The molecule has 2 atom stereocenters. The molecule has 2 heterocycles. The molecule has 1 aliphatic rings. The summed E-state index contributed by atoms with van der Waals surface area (Å²) in [6.45, 7) is 6.68. The molecule has 0 amide bonds. The third-order valence-corrected chi connectivity index (χ3v) is 3.85. The molecule has 1 saturated heterocycles. The first kappa shape index (κ1) is 13.6. The van der Waals surface area contributed by atoms with Gasteiger partial charge in [-0.3, -0.25) is 5.10 Å². The number of hydrogen-bond donors (Lipinski definition) is 3. The van der Waals surface area contributed by atoms with E-state index in [0.717, 1.165) is 19.0 Å². The van der Waals surface area contributed by atoms with Crippen molar-refractivity contribution >= 4 is 0 Å². The van der Waals surface area contributed by atoms with Crippen LogP contribution in [0.15, 0.2) is 6.20 Å². The van der Waals surface area contributed by atoms with Crippen molar-refractivity contribution in [3.05, 3.63) is 17.5 Å². The number of rotatable bonds is 7. The van der Waals surface area contributed by atoms with E-state index in [1.54, 1.807) is 0 Å². The topological polar surface area (TPSA) is 52.7 Å². The molecule has 0 aliphatic carbocycles. The van der Waals surface area contributed by atoms with Gasteiger partial charge in [-0.05, 0) is 64.6 Å². The van der Waals surface area contributed by atoms with Crippen LogP contribution in [0.4, 0.5) is 0 Å². The van der Waals surface area contributed by atoms with Gasteiger partial charge in [-0.2, -0.15) is 5.10 Å². The van der Waals surface area contributed by atoms with Gasteiger partial charge >= 0.3 is 0 Å². The quantitative estimate of drug-likeness (QED) is 0.647. The van der Waals surface area contributed by atoms with E-state index in [2.05, 4.69) is 34.7 Å². The first-order valence-corrected chi connectivity index (χ1v) is 7.21. The predicted molar refractivity (Wildman–Crippen MR) is 74.8 cm³/mol. The Morgan fingerprint density at radius 3 is 3.11 bits per heavy atom. The predicted octanol–water partition coefficient (Wildman–Crippen LogP) is 1.77. The second kappa shape index (κ2) is 6.90. The second-order valence-corrected chi connectivity index (χ2v) is 5.51. The standard InChI is InChI=1S/C14H26N4/c1-11(9-14-6-4-8-16-14)15-7-3-5-13-10-17-18-12(13)2/h10-11,14-16H,3-9H2,1-2H3,(H,17,18). The Balaban J connectivity index is 1.56. The van der Waals surface area contributed by atoms with E-state index >= 15 is 0 Å². The number of nitrogens with one attached hydrogen (secondary N) is 3. The van der Waals surface area contributed by atoms with Gasteiger partial charge in [0, 0.05) is 17.8 Å². The minimum atomic E-state index is 0.617. The van der Waals surface area contributed by atoms with Gasteiger partial charge in [0.1, 0.15) is 0 Å². The van der Waals surface area contributed by atoms with Gasteiger partial charge < -0.3 is 10.6 Å². The Kier molecular flexibility index (Phi) is 5.20. The van der Waals surface area contributed by atoms with Gasteiger partial charge in [0.2, 0.25) is 0 Å². The molecular weight excluding hydrogens is 224 g/mol. The van der Waals surface area contributed by atoms with Crippen molar-refractivity contribution in [3.8, 4) is 0 Å². The minimum Gasteiger partial charge on any atom is -0.314 e. The highest BCUT2D eigenvalue weighted by molar-refractivity contribution is 5.14. The van der Waals surface area contributed by atoms with Crippen LogP contribution in [0.5, 0.6) is 0 Å². The summed E-state index contributed by atoms with van der Waals surface area (Å²) in [6.07, 6.45) is 8.19. The molecule has 3 N–H and O–H groups in total. The van der Waals surface area contributed by atoms with Crippen molar-refractivity contribution in [3.63, 3.8) is 0 Å². The smallest absolute Gasteiger partial charge is 0.0522 e. The Morgan fingerprint density at radius 1 is 1.56 bits per heavy atom. The molecule has 0 spiro atoms. The summed E-state index contributed by atoms with van der Waals surface area (Å²) in [5, 5.41) is 14.2. The highest BCUT2D eigenvalue weighted by Gasteiger charge is 2.16. The number of nitrogens with zero attached hydrogens (tertiary/aromatic N) is 1. The fourth-order valence-electron chi connectivity index (χ4n) is 2.72. The van der Waals surface area contributed by atoms with E-state index in [4.69, 9.17) is 0 Å². The van der Waals surface area contributed by atoms with Crippen molar-refractivity contribution in [2.75, 3.05) is 13.1 Å². The monoisotopic (exact) mass is 250 g/mol. The van der Waals surface area contributed by atoms with E-state index in [9.17, 15) is 0 Å². The van der Waals surface area contributed by atoms with Gasteiger partial charge in [-0.25, -0.2) is 0 Å². The van der Waals surface area contributed by atoms with Crippen LogP contribution in [0.3, 0.4) is 0 Å². The zero-order valence-corrected chi connectivity index (χ0v) is 11.6. The zero-order valence-electron chi connectivity index (χ0n) is 11.6. The van der Waals surface area contributed by atoms with E-state index in [0.29, 0.717) is 6.04 Å². The lowest BCUT2D eigenvalue weighted by molar-refractivity contribution is 0.438. The maximum Gasteiger partial charge on any atom is 0.0522 e. The fraction of sp³-hybridized carbons (Fsp3) is 0.786. The summed E-state index contributed by atoms with van der Waals surface area (Å²) in [7, 11) is 0. The molecule has 0 saturated carbocycles. The van der Waals surface area contributed by atoms with Crippen molar-refractivity contribution in [1.82, 2.24) is 20.8 Å². The molecule has 1 aliphatic heterocycles. The van der Waals surface area contributed by atoms with Crippen molar-refractivity contribution < 1.29 is 0 Å². The Labute approximate surface area is 110 Å². The van der Waals surface area contributed by atoms with Crippen LogP contribution < -0.4 is 10.6 Å². The van der Waals surface area contributed by atoms with Gasteiger partial charge in [0.15, 0.2) is 0 Å². The Bertz CT molecular complexity index is 341. The number of aryl methyl sites for hydroxylation is 2. The van der Waals surface area contributed by atoms with Gasteiger partial charge in [-0.1, -0.05) is 0 Å². The second-order valence-electron chi connectivity index (χ2n) is 5.51. The van der Waals surface area contributed by atoms with Crippen LogP contribution in [-0.2, 0) is 6.42 Å². The van der Waals surface area contributed by atoms with E-state index in [1.165, 1.54) is 43.5 Å². The summed E-state index contributed by atoms with van der Waals surface area (Å²) in [5.74, 6) is 0. The molecule has 0 radical (unpaired) electrons. The van der Waals surface area contributed by atoms with E-state index < -0.39 is 0 Å². The lowest BCUT2D eigenvalue weighted by atomic mass is 10.1. The zero-order chi connectivity index (χ0) is 12.8. The molecule has 0 bridgehead atoms. The third kappa shape index (κ3) is 4.10. The molecule has 4 heteroatoms. The van der Waals surface area contributed by atoms with Crippen LogP contribution in [0.25, 0.3) is 0 Å². The Morgan fingerprint density at radius 2 is 2.44 bits per heavy atom. The van der Waals surface area contributed by atoms with Crippen LogP contribution in [0.1, 0.15) is 43.9 Å². The SMILES string of the molecule is Cc1[nH]ncc1CCCNC(C)CC1CCCN1. The van der Waals surface area contributed by atoms with Crippen LogP contribution >= 0.6 is 0 Å². The fourth-order valence-corrected chi connectivity index (χ4v) is 2.72. The summed E-state index contributed by atoms with van der Waals surface area (Å²) < 4.78 is 0. The molecular formula is C14H26N4. The van der Waals surface area contributed by atoms with Gasteiger partial charge in [0.05, 0.1) is 6.20 Å². The van der Waals surface area contributed by atoms with Gasteiger partial charge in [-0.15, -0.1) is 0 Å². The number of H-pyrrole nitrogens is 1. The molecule has 2 rings (SSSR count). The molecule has 1 aromatic heterocycles. The number of aromatic amines is 1. The van der Waals surface area contributed by atoms with E-state index in [1.807, 2.05) is 6.20 Å². The molecule has 18 heavy (non-hydrogen) atoms. The summed E-state index contributed by atoms with van der Waals surface area (Å²) >= 11 is 0. The summed E-state index contributed by atoms with van der Waals surface area (Å²) in [4.78, 5) is 0. The number of hydrogen-bond acceptors (Lipinski definition) is 3. The van der Waals surface area contributed by atoms with Crippen molar-refractivity contribution in [2.24, 2.45) is 0 Å². The first-order chi connectivity index (χ1) is 8.75. The van der Waals surface area contributed by atoms with Crippen LogP contribution in [0, 0.1) is 6.92 Å². The molecule has 2 unspecified atom stereocenters. The van der Waals surface area contributed by atoms with Crippen LogP contribution in [0.2, 0.25) is 0 Å². The molecule has 1 fully saturated rings. The van der Waals surface area contributed by atoms with Crippen molar-refractivity contribution in [1.29, 1.82) is 0 Å². The largest absolute Gasteiger partial charge is 0.314 e. The third-order valence-electron chi connectivity index (χ3n) is 3.85. The average Bonchev–Trinajstić information content (AvgIpc) is 2.97. The average molecular weight is 250 g/mol. The molecule has 0 aromatic carbocycles. The Hall–Kier alpha value is -0.870. The molecule has 1 aromatic rings. The normalized spacial score (nSPS) is 21.3. The first-order valence-electron chi connectivity index (χ1n) is 7.21. The maximum absolute atomic E-state index is 4.05. The highest BCUT2D eigenvalue weighted by Crippen LogP contribution is 2.11. The van der Waals surface area contributed by atoms with Crippen molar-refractivity contribution in [2.45, 2.75) is 58.0 Å².